The normalized spacial score (nSPS) is 22.0. The number of ether oxygens (including phenoxy) is 5. The molecule has 262 valence electrons. The van der Waals surface area contributed by atoms with Crippen LogP contribution in [0.15, 0.2) is 104 Å². The standard InChI is InChI=1S/C30H33O5.3C4H9.Sn/c1-3-13-26-27(32-20-23-14-7-4-8-15-23)28(33-21-24-16-9-5-10-17-24)29(30(31-2)35-26)34-22-25-18-11-6-12-19-25;3*1-3-4-2;/h3-19,26-30H,1,20-22H2,2H3;3*1,3-4H2,2H3;/t26-,27-,28+,29+,30+;;;;/m1..../s1. The van der Waals surface area contributed by atoms with E-state index in [9.17, 15) is 0 Å². The average molecular weight is 764 g/mol. The number of rotatable bonds is 22. The summed E-state index contributed by atoms with van der Waals surface area (Å²) in [5, 5.41) is 0. The molecule has 1 fully saturated rings. The van der Waals surface area contributed by atoms with Gasteiger partial charge in [0.1, 0.15) is 0 Å². The second-order valence-corrected chi connectivity index (χ2v) is 27.4. The minimum absolute atomic E-state index is 0.241. The second-order valence-electron chi connectivity index (χ2n) is 13.4. The van der Waals surface area contributed by atoms with Gasteiger partial charge >= 0.3 is 297 Å². The van der Waals surface area contributed by atoms with Crippen LogP contribution in [0.2, 0.25) is 17.2 Å². The van der Waals surface area contributed by atoms with Gasteiger partial charge in [-0.2, -0.15) is 0 Å². The monoisotopic (exact) mass is 764 g/mol. The van der Waals surface area contributed by atoms with Gasteiger partial charge in [0.15, 0.2) is 0 Å². The molecule has 4 rings (SSSR count). The zero-order chi connectivity index (χ0) is 34.0. The van der Waals surface area contributed by atoms with Crippen molar-refractivity contribution in [1.29, 1.82) is 0 Å². The zero-order valence-electron chi connectivity index (χ0n) is 29.9. The fourth-order valence-corrected chi connectivity index (χ4v) is 25.6. The van der Waals surface area contributed by atoms with Crippen LogP contribution in [0.4, 0.5) is 0 Å². The van der Waals surface area contributed by atoms with Crippen LogP contribution in [-0.4, -0.2) is 56.2 Å². The van der Waals surface area contributed by atoms with Crippen LogP contribution in [-0.2, 0) is 43.5 Å². The first-order valence-electron chi connectivity index (χ1n) is 18.4. The van der Waals surface area contributed by atoms with Crippen molar-refractivity contribution in [3.05, 3.63) is 120 Å². The van der Waals surface area contributed by atoms with Gasteiger partial charge in [0.25, 0.3) is 0 Å². The van der Waals surface area contributed by atoms with Crippen molar-refractivity contribution in [1.82, 2.24) is 0 Å². The Balaban J connectivity index is 1.78. The molecule has 1 aliphatic heterocycles. The first-order chi connectivity index (χ1) is 23.6. The Morgan fingerprint density at radius 2 is 1.02 bits per heavy atom. The summed E-state index contributed by atoms with van der Waals surface area (Å²) in [7, 11) is 1.73. The molecule has 0 radical (unpaired) electrons. The molecule has 0 bridgehead atoms. The van der Waals surface area contributed by atoms with E-state index in [0.717, 1.165) is 16.7 Å². The molecule has 6 heteroatoms. The van der Waals surface area contributed by atoms with Crippen molar-refractivity contribution in [3.8, 4) is 0 Å². The Hall–Kier alpha value is -2.00. The zero-order valence-corrected chi connectivity index (χ0v) is 32.8. The Bertz CT molecular complexity index is 1250. The van der Waals surface area contributed by atoms with E-state index in [-0.39, 0.29) is 16.1 Å². The fourth-order valence-electron chi connectivity index (χ4n) is 7.36. The van der Waals surface area contributed by atoms with Gasteiger partial charge in [-0.1, -0.05) is 0 Å². The van der Waals surface area contributed by atoms with Crippen molar-refractivity contribution in [2.75, 3.05) is 7.11 Å². The van der Waals surface area contributed by atoms with Crippen molar-refractivity contribution < 1.29 is 23.7 Å². The van der Waals surface area contributed by atoms with E-state index in [4.69, 9.17) is 23.7 Å². The van der Waals surface area contributed by atoms with Gasteiger partial charge in [0.2, 0.25) is 0 Å². The summed E-state index contributed by atoms with van der Waals surface area (Å²) in [5.41, 5.74) is 3.33. The first-order valence-corrected chi connectivity index (χ1v) is 26.1. The summed E-state index contributed by atoms with van der Waals surface area (Å²) >= 11 is -2.97. The van der Waals surface area contributed by atoms with Crippen LogP contribution >= 0.6 is 0 Å². The molecule has 1 saturated heterocycles. The quantitative estimate of drug-likeness (QED) is 0.0753. The first kappa shape index (κ1) is 38.8. The third-order valence-corrected chi connectivity index (χ3v) is 27.2. The Morgan fingerprint density at radius 3 is 1.40 bits per heavy atom. The molecule has 3 aromatic carbocycles. The van der Waals surface area contributed by atoms with Crippen LogP contribution < -0.4 is 0 Å². The minimum atomic E-state index is -2.97. The SMILES string of the molecule is C=C[C@H]([C@H]1O[C@H](OC)[C@@H](OCc2ccccc2)[C@@H](OCc2ccccc2)[C@@H]1OCc1ccccc1)[Sn]([CH2]CCC)([CH2]CCC)[CH2]CCC. The number of hydrogen-bond donors (Lipinski definition) is 0. The second kappa shape index (κ2) is 21.3. The van der Waals surface area contributed by atoms with Gasteiger partial charge in [-0.25, -0.2) is 0 Å². The van der Waals surface area contributed by atoms with E-state index in [2.05, 4.69) is 94.1 Å². The summed E-state index contributed by atoms with van der Waals surface area (Å²) in [5.74, 6) is 0. The van der Waals surface area contributed by atoms with Crippen molar-refractivity contribution in [2.24, 2.45) is 0 Å². The topological polar surface area (TPSA) is 46.2 Å². The number of benzene rings is 3. The fraction of sp³-hybridized carbons (Fsp3) is 0.524. The summed E-state index contributed by atoms with van der Waals surface area (Å²) in [6.07, 6.45) is 7.54. The average Bonchev–Trinajstić information content (AvgIpc) is 3.14. The van der Waals surface area contributed by atoms with E-state index in [1.807, 2.05) is 30.3 Å². The summed E-state index contributed by atoms with van der Waals surface area (Å²) in [6, 6.07) is 31.1. The molecule has 0 amide bonds. The van der Waals surface area contributed by atoms with Crippen LogP contribution in [0.3, 0.4) is 0 Å². The predicted octanol–water partition coefficient (Wildman–Crippen LogP) is 10.5. The van der Waals surface area contributed by atoms with Gasteiger partial charge in [0, 0.05) is 0 Å². The number of methoxy groups -OCH3 is 1. The van der Waals surface area contributed by atoms with Crippen molar-refractivity contribution in [3.63, 3.8) is 0 Å². The third-order valence-electron chi connectivity index (χ3n) is 10.0. The van der Waals surface area contributed by atoms with E-state index in [1.165, 1.54) is 51.8 Å². The van der Waals surface area contributed by atoms with Gasteiger partial charge < -0.3 is 0 Å². The van der Waals surface area contributed by atoms with E-state index in [1.54, 1.807) is 7.11 Å². The van der Waals surface area contributed by atoms with Gasteiger partial charge in [-0.3, -0.25) is 0 Å². The number of hydrogen-bond acceptors (Lipinski definition) is 5. The van der Waals surface area contributed by atoms with Crippen molar-refractivity contribution >= 4 is 18.4 Å². The molecule has 5 nitrogen and oxygen atoms in total. The third kappa shape index (κ3) is 11.0. The molecule has 3 aromatic rings. The Kier molecular flexibility index (Phi) is 17.2. The Labute approximate surface area is 295 Å². The molecular weight excluding hydrogens is 703 g/mol. The molecule has 48 heavy (non-hydrogen) atoms. The van der Waals surface area contributed by atoms with Crippen LogP contribution in [0.5, 0.6) is 0 Å². The van der Waals surface area contributed by atoms with Gasteiger partial charge in [-0.05, 0) is 0 Å². The summed E-state index contributed by atoms with van der Waals surface area (Å²) in [6.45, 7) is 12.9. The Morgan fingerprint density at radius 1 is 0.625 bits per heavy atom. The maximum atomic E-state index is 7.15. The molecule has 0 unspecified atom stereocenters. The molecule has 0 aliphatic carbocycles. The van der Waals surface area contributed by atoms with E-state index < -0.39 is 36.9 Å². The van der Waals surface area contributed by atoms with Gasteiger partial charge in [0.05, 0.1) is 0 Å². The molecule has 0 spiro atoms. The molecular formula is C42H60O5Sn. The number of unbranched alkanes of at least 4 members (excludes halogenated alkanes) is 3. The summed E-state index contributed by atoms with van der Waals surface area (Å²) < 4.78 is 38.3. The molecule has 6 atom stereocenters. The van der Waals surface area contributed by atoms with Crippen LogP contribution in [0.1, 0.15) is 76.0 Å². The van der Waals surface area contributed by atoms with E-state index in [0.29, 0.717) is 19.8 Å². The molecule has 0 saturated carbocycles. The van der Waals surface area contributed by atoms with Crippen LogP contribution in [0.25, 0.3) is 0 Å². The van der Waals surface area contributed by atoms with E-state index >= 15 is 0 Å². The summed E-state index contributed by atoms with van der Waals surface area (Å²) in [4.78, 5) is 0. The molecule has 0 N–H and O–H groups in total. The van der Waals surface area contributed by atoms with Gasteiger partial charge in [-0.15, -0.1) is 0 Å². The molecule has 1 heterocycles. The van der Waals surface area contributed by atoms with Crippen LogP contribution in [0, 0.1) is 0 Å². The maximum absolute atomic E-state index is 7.15. The predicted molar refractivity (Wildman–Crippen MR) is 200 cm³/mol. The molecule has 0 aromatic heterocycles. The van der Waals surface area contributed by atoms with Crippen molar-refractivity contribution in [2.45, 2.75) is 127 Å². The molecule has 1 aliphatic rings.